The van der Waals surface area contributed by atoms with Crippen molar-refractivity contribution in [3.05, 3.63) is 41.7 Å². The van der Waals surface area contributed by atoms with E-state index in [0.717, 1.165) is 56.0 Å². The molecule has 0 radical (unpaired) electrons. The number of aromatic nitrogens is 3. The van der Waals surface area contributed by atoms with Gasteiger partial charge in [-0.05, 0) is 51.3 Å². The van der Waals surface area contributed by atoms with Gasteiger partial charge in [0.1, 0.15) is 5.75 Å². The van der Waals surface area contributed by atoms with Crippen molar-refractivity contribution in [1.82, 2.24) is 15.0 Å². The van der Waals surface area contributed by atoms with Gasteiger partial charge in [0.2, 0.25) is 0 Å². The highest BCUT2D eigenvalue weighted by Crippen LogP contribution is 2.10. The number of benzene rings is 1. The van der Waals surface area contributed by atoms with Gasteiger partial charge in [-0.25, -0.2) is 4.68 Å². The largest absolute Gasteiger partial charge is 0.494 e. The number of nitrogens with zero attached hydrogens (tertiary/aromatic N) is 3. The molecule has 0 spiro atoms. The Kier molecular flexibility index (Phi) is 6.22. The zero-order valence-corrected chi connectivity index (χ0v) is 12.7. The molecule has 0 amide bonds. The lowest BCUT2D eigenvalue weighted by atomic mass is 10.2. The SMILES string of the molecule is Cc1c(CCCN)nnn1CCCCOc1ccccc1. The molecule has 5 heteroatoms. The molecule has 2 N–H and O–H groups in total. The van der Waals surface area contributed by atoms with E-state index in [1.54, 1.807) is 0 Å². The molecule has 0 aliphatic carbocycles. The minimum Gasteiger partial charge on any atom is -0.494 e. The highest BCUT2D eigenvalue weighted by Gasteiger charge is 2.07. The van der Waals surface area contributed by atoms with Crippen LogP contribution in [0.1, 0.15) is 30.7 Å². The Labute approximate surface area is 126 Å². The fourth-order valence-corrected chi connectivity index (χ4v) is 2.18. The van der Waals surface area contributed by atoms with Gasteiger partial charge < -0.3 is 10.5 Å². The first kappa shape index (κ1) is 15.5. The maximum Gasteiger partial charge on any atom is 0.119 e. The minimum atomic E-state index is 0.698. The van der Waals surface area contributed by atoms with Crippen LogP contribution in [0.5, 0.6) is 5.75 Å². The third kappa shape index (κ3) is 4.86. The molecule has 21 heavy (non-hydrogen) atoms. The molecule has 114 valence electrons. The van der Waals surface area contributed by atoms with Gasteiger partial charge in [-0.1, -0.05) is 23.4 Å². The lowest BCUT2D eigenvalue weighted by molar-refractivity contribution is 0.301. The summed E-state index contributed by atoms with van der Waals surface area (Å²) in [6.07, 6.45) is 3.92. The van der Waals surface area contributed by atoms with E-state index in [0.29, 0.717) is 6.54 Å². The monoisotopic (exact) mass is 288 g/mol. The van der Waals surface area contributed by atoms with E-state index in [1.807, 2.05) is 35.0 Å². The zero-order valence-electron chi connectivity index (χ0n) is 12.7. The molecule has 0 fully saturated rings. The first-order chi connectivity index (χ1) is 10.3. The van der Waals surface area contributed by atoms with E-state index in [-0.39, 0.29) is 0 Å². The van der Waals surface area contributed by atoms with Crippen molar-refractivity contribution in [2.24, 2.45) is 5.73 Å². The summed E-state index contributed by atoms with van der Waals surface area (Å²) >= 11 is 0. The third-order valence-corrected chi connectivity index (χ3v) is 3.47. The van der Waals surface area contributed by atoms with Crippen LogP contribution in [0.2, 0.25) is 0 Å². The van der Waals surface area contributed by atoms with Crippen molar-refractivity contribution in [3.63, 3.8) is 0 Å². The van der Waals surface area contributed by atoms with Crippen LogP contribution in [0.15, 0.2) is 30.3 Å². The van der Waals surface area contributed by atoms with Crippen LogP contribution in [0.25, 0.3) is 0 Å². The summed E-state index contributed by atoms with van der Waals surface area (Å²) in [4.78, 5) is 0. The van der Waals surface area contributed by atoms with E-state index < -0.39 is 0 Å². The molecule has 0 aliphatic rings. The maximum absolute atomic E-state index is 5.67. The standard InChI is InChI=1S/C16H24N4O/c1-14-16(10-7-11-17)18-19-20(14)12-5-6-13-21-15-8-3-2-4-9-15/h2-4,8-9H,5-7,10-13,17H2,1H3. The fourth-order valence-electron chi connectivity index (χ4n) is 2.18. The number of aryl methyl sites for hydroxylation is 2. The Morgan fingerprint density at radius 3 is 2.71 bits per heavy atom. The van der Waals surface area contributed by atoms with Gasteiger partial charge in [-0.2, -0.15) is 0 Å². The maximum atomic E-state index is 5.67. The Balaban J connectivity index is 1.68. The Hall–Kier alpha value is -1.88. The van der Waals surface area contributed by atoms with Crippen LogP contribution in [0.4, 0.5) is 0 Å². The number of para-hydroxylation sites is 1. The number of nitrogens with two attached hydrogens (primary N) is 1. The Morgan fingerprint density at radius 2 is 1.95 bits per heavy atom. The summed E-state index contributed by atoms with van der Waals surface area (Å²) in [5.74, 6) is 0.929. The molecule has 1 heterocycles. The molecule has 0 aliphatic heterocycles. The van der Waals surface area contributed by atoms with E-state index >= 15 is 0 Å². The molecule has 0 atom stereocenters. The number of ether oxygens (including phenoxy) is 1. The first-order valence-corrected chi connectivity index (χ1v) is 7.58. The van der Waals surface area contributed by atoms with Crippen LogP contribution in [0.3, 0.4) is 0 Å². The average molecular weight is 288 g/mol. The summed E-state index contributed by atoms with van der Waals surface area (Å²) in [5, 5.41) is 8.44. The van der Waals surface area contributed by atoms with Crippen LogP contribution in [-0.2, 0) is 13.0 Å². The van der Waals surface area contributed by atoms with Crippen molar-refractivity contribution in [2.45, 2.75) is 39.2 Å². The van der Waals surface area contributed by atoms with Crippen molar-refractivity contribution < 1.29 is 4.74 Å². The summed E-state index contributed by atoms with van der Waals surface area (Å²) in [7, 11) is 0. The second kappa shape index (κ2) is 8.42. The molecular weight excluding hydrogens is 264 g/mol. The summed E-state index contributed by atoms with van der Waals surface area (Å²) in [6.45, 7) is 4.40. The fraction of sp³-hybridized carbons (Fsp3) is 0.500. The van der Waals surface area contributed by atoms with Crippen LogP contribution in [-0.4, -0.2) is 28.1 Å². The summed E-state index contributed by atoms with van der Waals surface area (Å²) < 4.78 is 7.65. The predicted octanol–water partition coefficient (Wildman–Crippen LogP) is 2.34. The van der Waals surface area contributed by atoms with Gasteiger partial charge in [0.15, 0.2) is 0 Å². The molecule has 0 saturated heterocycles. The Morgan fingerprint density at radius 1 is 1.14 bits per heavy atom. The number of hydrogen-bond donors (Lipinski definition) is 1. The number of rotatable bonds is 9. The summed E-state index contributed by atoms with van der Waals surface area (Å²) in [5.41, 5.74) is 7.76. The van der Waals surface area contributed by atoms with Gasteiger partial charge in [0, 0.05) is 6.54 Å². The third-order valence-electron chi connectivity index (χ3n) is 3.47. The lowest BCUT2D eigenvalue weighted by Gasteiger charge is -2.06. The van der Waals surface area contributed by atoms with E-state index in [1.165, 1.54) is 0 Å². The number of unbranched alkanes of at least 4 members (excludes halogenated alkanes) is 1. The van der Waals surface area contributed by atoms with Crippen molar-refractivity contribution in [2.75, 3.05) is 13.2 Å². The van der Waals surface area contributed by atoms with Crippen molar-refractivity contribution in [3.8, 4) is 5.75 Å². The van der Waals surface area contributed by atoms with E-state index in [9.17, 15) is 0 Å². The molecular formula is C16H24N4O. The predicted molar refractivity (Wildman–Crippen MR) is 83.3 cm³/mol. The van der Waals surface area contributed by atoms with Gasteiger partial charge in [-0.15, -0.1) is 5.10 Å². The van der Waals surface area contributed by atoms with Crippen molar-refractivity contribution >= 4 is 0 Å². The lowest BCUT2D eigenvalue weighted by Crippen LogP contribution is -2.06. The Bertz CT molecular complexity index is 524. The van der Waals surface area contributed by atoms with Crippen LogP contribution < -0.4 is 10.5 Å². The van der Waals surface area contributed by atoms with Gasteiger partial charge >= 0.3 is 0 Å². The van der Waals surface area contributed by atoms with Gasteiger partial charge in [-0.3, -0.25) is 0 Å². The van der Waals surface area contributed by atoms with Crippen LogP contribution in [0, 0.1) is 6.92 Å². The normalized spacial score (nSPS) is 10.8. The average Bonchev–Trinajstić information content (AvgIpc) is 2.86. The molecule has 1 aromatic heterocycles. The highest BCUT2D eigenvalue weighted by molar-refractivity contribution is 5.20. The van der Waals surface area contributed by atoms with Crippen LogP contribution >= 0.6 is 0 Å². The molecule has 0 unspecified atom stereocenters. The molecule has 1 aromatic carbocycles. The quantitative estimate of drug-likeness (QED) is 0.719. The molecule has 2 rings (SSSR count). The van der Waals surface area contributed by atoms with Gasteiger partial charge in [0.05, 0.1) is 18.0 Å². The number of hydrogen-bond acceptors (Lipinski definition) is 4. The van der Waals surface area contributed by atoms with E-state index in [4.69, 9.17) is 10.5 Å². The summed E-state index contributed by atoms with van der Waals surface area (Å²) in [6, 6.07) is 9.91. The smallest absolute Gasteiger partial charge is 0.119 e. The second-order valence-corrected chi connectivity index (χ2v) is 5.11. The van der Waals surface area contributed by atoms with E-state index in [2.05, 4.69) is 17.2 Å². The molecule has 0 bridgehead atoms. The van der Waals surface area contributed by atoms with Crippen molar-refractivity contribution in [1.29, 1.82) is 0 Å². The topological polar surface area (TPSA) is 66.0 Å². The highest BCUT2D eigenvalue weighted by atomic mass is 16.5. The second-order valence-electron chi connectivity index (χ2n) is 5.11. The minimum absolute atomic E-state index is 0.698. The first-order valence-electron chi connectivity index (χ1n) is 7.58. The molecule has 0 saturated carbocycles. The molecule has 5 nitrogen and oxygen atoms in total. The zero-order chi connectivity index (χ0) is 14.9. The molecule has 2 aromatic rings. The van der Waals surface area contributed by atoms with Gasteiger partial charge in [0.25, 0.3) is 0 Å².